The number of carbonyl (C=O) groups excluding carboxylic acids is 1. The molecule has 7 nitrogen and oxygen atoms in total. The molecule has 0 aliphatic rings. The molecule has 1 aromatic heterocycles. The molecule has 0 saturated heterocycles. The highest BCUT2D eigenvalue weighted by atomic mass is 32.2. The van der Waals surface area contributed by atoms with E-state index in [1.807, 2.05) is 24.3 Å². The molecule has 102 valence electrons. The molecule has 8 heteroatoms. The Morgan fingerprint density at radius 3 is 3.00 bits per heavy atom. The van der Waals surface area contributed by atoms with Crippen LogP contribution in [0.3, 0.4) is 0 Å². The maximum absolute atomic E-state index is 11.4. The molecule has 19 heavy (non-hydrogen) atoms. The first-order chi connectivity index (χ1) is 9.08. The highest BCUT2D eigenvalue weighted by Gasteiger charge is 2.18. The second kappa shape index (κ2) is 5.93. The van der Waals surface area contributed by atoms with Gasteiger partial charge in [-0.1, -0.05) is 18.2 Å². The van der Waals surface area contributed by atoms with Crippen LogP contribution < -0.4 is 10.6 Å². The lowest BCUT2D eigenvalue weighted by molar-refractivity contribution is -0.148. The van der Waals surface area contributed by atoms with E-state index in [9.17, 15) is 9.00 Å². The summed E-state index contributed by atoms with van der Waals surface area (Å²) < 4.78 is 18.7. The van der Waals surface area contributed by atoms with Crippen LogP contribution in [0.15, 0.2) is 30.5 Å². The van der Waals surface area contributed by atoms with Gasteiger partial charge < -0.3 is 15.6 Å². The van der Waals surface area contributed by atoms with E-state index in [4.69, 9.17) is 10.3 Å². The van der Waals surface area contributed by atoms with E-state index >= 15 is 0 Å². The van der Waals surface area contributed by atoms with Crippen molar-refractivity contribution in [1.29, 1.82) is 0 Å². The highest BCUT2D eigenvalue weighted by molar-refractivity contribution is 7.76. The largest absolute Gasteiger partial charge is 0.361 e. The highest BCUT2D eigenvalue weighted by Crippen LogP contribution is 2.18. The number of carbonyl (C=O) groups is 1. The number of hydrogen-bond acceptors (Lipinski definition) is 4. The lowest BCUT2D eigenvalue weighted by Crippen LogP contribution is -2.37. The standard InChI is InChI=1S/C11H13N3O4S/c12-9(11(15)18-14-19(16)17)5-7-6-13-10-4-2-1-3-8(7)10/h1-4,6,9,13-14H,5,12H2,(H,16,17)/t9-/m0/s1. The predicted molar refractivity (Wildman–Crippen MR) is 70.0 cm³/mol. The van der Waals surface area contributed by atoms with Gasteiger partial charge in [0.25, 0.3) is 11.3 Å². The number of nitrogens with two attached hydrogens (primary N) is 1. The van der Waals surface area contributed by atoms with Gasteiger partial charge in [0.2, 0.25) is 0 Å². The van der Waals surface area contributed by atoms with Crippen LogP contribution in [0.1, 0.15) is 5.56 Å². The van der Waals surface area contributed by atoms with Crippen LogP contribution in [-0.4, -0.2) is 25.8 Å². The fourth-order valence-electron chi connectivity index (χ4n) is 1.77. The summed E-state index contributed by atoms with van der Waals surface area (Å²) in [5.74, 6) is -0.798. The summed E-state index contributed by atoms with van der Waals surface area (Å²) in [6, 6.07) is 6.70. The predicted octanol–water partition coefficient (Wildman–Crippen LogP) is 0.222. The number of H-pyrrole nitrogens is 1. The topological polar surface area (TPSA) is 117 Å². The fraction of sp³-hybridized carbons (Fsp3) is 0.182. The molecule has 2 aromatic rings. The Labute approximate surface area is 111 Å². The third-order valence-corrected chi connectivity index (χ3v) is 2.86. The van der Waals surface area contributed by atoms with Gasteiger partial charge in [0.15, 0.2) is 0 Å². The van der Waals surface area contributed by atoms with Crippen molar-refractivity contribution in [3.8, 4) is 0 Å². The Hall–Kier alpha value is -1.74. The zero-order chi connectivity index (χ0) is 13.8. The summed E-state index contributed by atoms with van der Waals surface area (Å²) >= 11 is -2.42. The lowest BCUT2D eigenvalue weighted by Gasteiger charge is -2.09. The van der Waals surface area contributed by atoms with E-state index in [-0.39, 0.29) is 6.42 Å². The minimum atomic E-state index is -2.42. The number of aromatic nitrogens is 1. The van der Waals surface area contributed by atoms with Gasteiger partial charge in [-0.15, -0.1) is 0 Å². The quantitative estimate of drug-likeness (QED) is 0.462. The summed E-state index contributed by atoms with van der Waals surface area (Å²) in [7, 11) is 0. The molecule has 0 saturated carbocycles. The van der Waals surface area contributed by atoms with E-state index in [1.165, 1.54) is 0 Å². The van der Waals surface area contributed by atoms with Crippen molar-refractivity contribution < 1.29 is 18.4 Å². The first kappa shape index (κ1) is 13.7. The summed E-state index contributed by atoms with van der Waals surface area (Å²) in [6.45, 7) is 0. The van der Waals surface area contributed by atoms with E-state index in [1.54, 1.807) is 11.1 Å². The van der Waals surface area contributed by atoms with Gasteiger partial charge in [-0.3, -0.25) is 4.55 Å². The van der Waals surface area contributed by atoms with E-state index in [2.05, 4.69) is 9.82 Å². The van der Waals surface area contributed by atoms with Crippen molar-refractivity contribution in [1.82, 2.24) is 9.87 Å². The van der Waals surface area contributed by atoms with E-state index in [0.717, 1.165) is 16.5 Å². The molecule has 0 aliphatic carbocycles. The third-order valence-electron chi connectivity index (χ3n) is 2.63. The van der Waals surface area contributed by atoms with Crippen LogP contribution in [0, 0.1) is 0 Å². The van der Waals surface area contributed by atoms with Crippen LogP contribution >= 0.6 is 0 Å². The molecule has 1 unspecified atom stereocenters. The number of rotatable bonds is 5. The number of nitrogens with one attached hydrogen (secondary N) is 2. The Balaban J connectivity index is 2.04. The Kier molecular flexibility index (Phi) is 4.27. The number of benzene rings is 1. The summed E-state index contributed by atoms with van der Waals surface area (Å²) in [5, 5.41) is 0.976. The molecule has 2 atom stereocenters. The molecule has 1 aromatic carbocycles. The summed E-state index contributed by atoms with van der Waals surface area (Å²) in [5.41, 5.74) is 7.51. The van der Waals surface area contributed by atoms with Crippen molar-refractivity contribution in [3.05, 3.63) is 36.0 Å². The Morgan fingerprint density at radius 2 is 2.26 bits per heavy atom. The van der Waals surface area contributed by atoms with Gasteiger partial charge in [0.05, 0.1) is 0 Å². The van der Waals surface area contributed by atoms with Crippen molar-refractivity contribution in [3.63, 3.8) is 0 Å². The molecular weight excluding hydrogens is 270 g/mol. The van der Waals surface area contributed by atoms with Gasteiger partial charge in [0, 0.05) is 23.5 Å². The number of para-hydroxylation sites is 1. The maximum atomic E-state index is 11.4. The molecule has 0 bridgehead atoms. The SMILES string of the molecule is N[C@@H](Cc1c[nH]c2ccccc12)C(=O)ONS(=O)O. The number of hydrogen-bond donors (Lipinski definition) is 4. The molecule has 0 radical (unpaired) electrons. The molecular formula is C11H13N3O4S. The van der Waals surface area contributed by atoms with Gasteiger partial charge >= 0.3 is 5.97 Å². The normalized spacial score (nSPS) is 14.2. The minimum Gasteiger partial charge on any atom is -0.361 e. The number of aromatic amines is 1. The van der Waals surface area contributed by atoms with Crippen molar-refractivity contribution >= 4 is 28.1 Å². The second-order valence-corrected chi connectivity index (χ2v) is 4.59. The smallest absolute Gasteiger partial charge is 0.343 e. The zero-order valence-corrected chi connectivity index (χ0v) is 10.6. The number of fused-ring (bicyclic) bond motifs is 1. The molecule has 0 aliphatic heterocycles. The summed E-state index contributed by atoms with van der Waals surface area (Å²) in [4.78, 5) is 20.5. The molecule has 1 heterocycles. The average Bonchev–Trinajstić information content (AvgIpc) is 2.79. The zero-order valence-electron chi connectivity index (χ0n) is 9.83. The first-order valence-corrected chi connectivity index (χ1v) is 6.56. The van der Waals surface area contributed by atoms with E-state index in [0.29, 0.717) is 0 Å². The maximum Gasteiger partial charge on any atom is 0.343 e. The van der Waals surface area contributed by atoms with Crippen molar-refractivity contribution in [2.75, 3.05) is 0 Å². The Bertz CT molecular complexity index is 613. The van der Waals surface area contributed by atoms with Gasteiger partial charge in [-0.25, -0.2) is 9.00 Å². The summed E-state index contributed by atoms with van der Waals surface area (Å²) in [6.07, 6.45) is 2.04. The van der Waals surface area contributed by atoms with Crippen LogP contribution in [-0.2, 0) is 27.3 Å². The lowest BCUT2D eigenvalue weighted by atomic mass is 10.1. The van der Waals surface area contributed by atoms with Crippen molar-refractivity contribution in [2.45, 2.75) is 12.5 Å². The van der Waals surface area contributed by atoms with Crippen LogP contribution in [0.25, 0.3) is 10.9 Å². The minimum absolute atomic E-state index is 0.266. The van der Waals surface area contributed by atoms with Gasteiger partial charge in [-0.05, 0) is 16.5 Å². The second-order valence-electron chi connectivity index (χ2n) is 3.92. The van der Waals surface area contributed by atoms with Gasteiger partial charge in [0.1, 0.15) is 6.04 Å². The molecule has 0 spiro atoms. The molecule has 5 N–H and O–H groups in total. The van der Waals surface area contributed by atoms with Gasteiger partial charge in [-0.2, -0.15) is 0 Å². The van der Waals surface area contributed by atoms with Crippen LogP contribution in [0.4, 0.5) is 0 Å². The average molecular weight is 283 g/mol. The molecule has 2 rings (SSSR count). The van der Waals surface area contributed by atoms with E-state index < -0.39 is 23.3 Å². The third kappa shape index (κ3) is 3.38. The Morgan fingerprint density at radius 1 is 1.53 bits per heavy atom. The van der Waals surface area contributed by atoms with Crippen LogP contribution in [0.5, 0.6) is 0 Å². The fourth-order valence-corrected chi connectivity index (χ4v) is 1.93. The van der Waals surface area contributed by atoms with Crippen LogP contribution in [0.2, 0.25) is 0 Å². The monoisotopic (exact) mass is 283 g/mol. The molecule has 0 amide bonds. The van der Waals surface area contributed by atoms with Crippen molar-refractivity contribution in [2.24, 2.45) is 5.73 Å². The first-order valence-electron chi connectivity index (χ1n) is 5.45. The molecule has 0 fully saturated rings.